The van der Waals surface area contributed by atoms with Gasteiger partial charge in [0.05, 0.1) is 4.88 Å². The molecule has 0 radical (unpaired) electrons. The normalized spacial score (nSPS) is 12.7. The van der Waals surface area contributed by atoms with Crippen molar-refractivity contribution < 1.29 is 19.4 Å². The number of ether oxygens (including phenoxy) is 1. The number of carbonyl (C=O) groups is 2. The van der Waals surface area contributed by atoms with E-state index in [0.717, 1.165) is 10.4 Å². The van der Waals surface area contributed by atoms with Crippen molar-refractivity contribution in [3.05, 3.63) is 51.7 Å². The molecule has 0 saturated carbocycles. The van der Waals surface area contributed by atoms with Crippen LogP contribution in [0.4, 0.5) is 0 Å². The largest absolute Gasteiger partial charge is 0.508 e. The van der Waals surface area contributed by atoms with Crippen molar-refractivity contribution in [2.45, 2.75) is 59.0 Å². The second-order valence-corrected chi connectivity index (χ2v) is 9.71. The van der Waals surface area contributed by atoms with Crippen LogP contribution in [-0.2, 0) is 21.4 Å². The Labute approximate surface area is 170 Å². The highest BCUT2D eigenvalue weighted by Crippen LogP contribution is 2.29. The van der Waals surface area contributed by atoms with Gasteiger partial charge in [-0.25, -0.2) is 9.79 Å². The molecular weight excluding hydrogens is 374 g/mol. The van der Waals surface area contributed by atoms with Gasteiger partial charge in [0.25, 0.3) is 5.91 Å². The molecule has 1 amide bonds. The maximum absolute atomic E-state index is 12.7. The van der Waals surface area contributed by atoms with Crippen LogP contribution in [-0.4, -0.2) is 28.3 Å². The average molecular weight is 402 g/mol. The van der Waals surface area contributed by atoms with Gasteiger partial charge in [0.15, 0.2) is 0 Å². The van der Waals surface area contributed by atoms with Gasteiger partial charge in [-0.3, -0.25) is 4.79 Å². The third-order valence-corrected chi connectivity index (χ3v) is 5.23. The molecule has 6 heteroatoms. The lowest BCUT2D eigenvalue weighted by Gasteiger charge is -2.20. The fourth-order valence-electron chi connectivity index (χ4n) is 2.34. The molecule has 0 aliphatic rings. The number of rotatable bonds is 4. The molecule has 0 atom stereocenters. The second kappa shape index (κ2) is 8.27. The molecule has 1 aromatic carbocycles. The van der Waals surface area contributed by atoms with Gasteiger partial charge in [-0.15, -0.1) is 11.3 Å². The Hall–Kier alpha value is -2.47. The molecule has 0 saturated heterocycles. The molecule has 2 aromatic rings. The van der Waals surface area contributed by atoms with E-state index in [1.54, 1.807) is 39.0 Å². The van der Waals surface area contributed by atoms with Crippen molar-refractivity contribution >= 4 is 28.9 Å². The summed E-state index contributed by atoms with van der Waals surface area (Å²) in [5, 5.41) is 9.44. The molecule has 150 valence electrons. The van der Waals surface area contributed by atoms with Gasteiger partial charge in [-0.2, -0.15) is 0 Å². The monoisotopic (exact) mass is 401 g/mol. The number of phenols is 1. The molecule has 0 bridgehead atoms. The summed E-state index contributed by atoms with van der Waals surface area (Å²) in [6.07, 6.45) is 0.137. The van der Waals surface area contributed by atoms with Gasteiger partial charge in [0, 0.05) is 11.3 Å². The van der Waals surface area contributed by atoms with Gasteiger partial charge >= 0.3 is 5.97 Å². The van der Waals surface area contributed by atoms with Crippen LogP contribution in [0, 0.1) is 0 Å². The standard InChI is InChI=1S/C22H27NO4S/c1-21(2,3)18-12-11-17(28-18)19(25)23-16(20(26)27-22(4,5)6)13-14-7-9-15(24)10-8-14/h7-12,24H,13H2,1-6H3. The van der Waals surface area contributed by atoms with E-state index in [1.165, 1.54) is 23.5 Å². The topological polar surface area (TPSA) is 76.0 Å². The van der Waals surface area contributed by atoms with Crippen LogP contribution in [0.25, 0.3) is 0 Å². The van der Waals surface area contributed by atoms with Crippen molar-refractivity contribution in [1.82, 2.24) is 0 Å². The highest BCUT2D eigenvalue weighted by molar-refractivity contribution is 7.14. The maximum Gasteiger partial charge on any atom is 0.353 e. The predicted molar refractivity (Wildman–Crippen MR) is 112 cm³/mol. The van der Waals surface area contributed by atoms with Crippen molar-refractivity contribution in [2.75, 3.05) is 0 Å². The summed E-state index contributed by atoms with van der Waals surface area (Å²) in [7, 11) is 0. The number of hydrogen-bond donors (Lipinski definition) is 1. The van der Waals surface area contributed by atoms with Gasteiger partial charge in [-0.1, -0.05) is 32.9 Å². The van der Waals surface area contributed by atoms with E-state index in [2.05, 4.69) is 25.8 Å². The van der Waals surface area contributed by atoms with Crippen LogP contribution < -0.4 is 0 Å². The predicted octanol–water partition coefficient (Wildman–Crippen LogP) is 4.92. The minimum atomic E-state index is -0.696. The Bertz CT molecular complexity index is 880. The number of benzene rings is 1. The Morgan fingerprint density at radius 3 is 2.11 bits per heavy atom. The molecule has 2 rings (SSSR count). The lowest BCUT2D eigenvalue weighted by Crippen LogP contribution is -2.30. The van der Waals surface area contributed by atoms with Crippen LogP contribution in [0.3, 0.4) is 0 Å². The van der Waals surface area contributed by atoms with Crippen LogP contribution in [0.1, 0.15) is 61.7 Å². The zero-order valence-electron chi connectivity index (χ0n) is 17.2. The van der Waals surface area contributed by atoms with Crippen LogP contribution in [0.2, 0.25) is 0 Å². The number of hydrogen-bond acceptors (Lipinski definition) is 5. The Balaban J connectivity index is 2.33. The third-order valence-electron chi connectivity index (χ3n) is 3.73. The quantitative estimate of drug-likeness (QED) is 0.583. The number of amides is 1. The van der Waals surface area contributed by atoms with Crippen molar-refractivity contribution in [3.8, 4) is 5.75 Å². The number of thiophene rings is 1. The fraction of sp³-hybridized carbons (Fsp3) is 0.409. The zero-order chi connectivity index (χ0) is 21.1. The third kappa shape index (κ3) is 6.30. The first kappa shape index (κ1) is 21.8. The number of esters is 1. The van der Waals surface area contributed by atoms with Gasteiger partial charge in [0.1, 0.15) is 17.1 Å². The summed E-state index contributed by atoms with van der Waals surface area (Å²) in [5.41, 5.74) is 0.0265. The summed E-state index contributed by atoms with van der Waals surface area (Å²) in [5.74, 6) is -0.953. The minimum absolute atomic E-state index is 0.0383. The van der Waals surface area contributed by atoms with E-state index in [0.29, 0.717) is 4.88 Å². The Kier molecular flexibility index (Phi) is 6.44. The summed E-state index contributed by atoms with van der Waals surface area (Å²) >= 11 is 1.38. The highest BCUT2D eigenvalue weighted by atomic mass is 32.1. The molecule has 0 aliphatic heterocycles. The van der Waals surface area contributed by atoms with Gasteiger partial charge in [0.2, 0.25) is 0 Å². The first-order valence-electron chi connectivity index (χ1n) is 9.08. The Morgan fingerprint density at radius 1 is 1.00 bits per heavy atom. The van der Waals surface area contributed by atoms with E-state index in [1.807, 2.05) is 6.07 Å². The maximum atomic E-state index is 12.7. The van der Waals surface area contributed by atoms with Crippen LogP contribution >= 0.6 is 11.3 Å². The first-order valence-corrected chi connectivity index (χ1v) is 9.90. The van der Waals surface area contributed by atoms with Crippen molar-refractivity contribution in [3.63, 3.8) is 0 Å². The van der Waals surface area contributed by atoms with Gasteiger partial charge in [-0.05, 0) is 56.0 Å². The smallest absolute Gasteiger partial charge is 0.353 e. The lowest BCUT2D eigenvalue weighted by atomic mass is 9.95. The van der Waals surface area contributed by atoms with E-state index in [4.69, 9.17) is 4.74 Å². The van der Waals surface area contributed by atoms with E-state index in [9.17, 15) is 14.7 Å². The van der Waals surface area contributed by atoms with Crippen LogP contribution in [0.15, 0.2) is 41.4 Å². The summed E-state index contributed by atoms with van der Waals surface area (Å²) in [4.78, 5) is 30.9. The minimum Gasteiger partial charge on any atom is -0.508 e. The van der Waals surface area contributed by atoms with Crippen molar-refractivity contribution in [1.29, 1.82) is 0 Å². The van der Waals surface area contributed by atoms with Crippen LogP contribution in [0.5, 0.6) is 5.75 Å². The fourth-order valence-corrected chi connectivity index (χ4v) is 3.28. The van der Waals surface area contributed by atoms with Gasteiger partial charge < -0.3 is 9.84 Å². The first-order chi connectivity index (χ1) is 12.8. The number of carbonyl (C=O) groups excluding carboxylic acids is 2. The zero-order valence-corrected chi connectivity index (χ0v) is 18.0. The molecule has 0 aliphatic carbocycles. The number of phenolic OH excluding ortho intramolecular Hbond substituents is 1. The molecule has 0 fully saturated rings. The summed E-state index contributed by atoms with van der Waals surface area (Å²) in [6, 6.07) is 10.1. The second-order valence-electron chi connectivity index (χ2n) is 8.62. The van der Waals surface area contributed by atoms with E-state index >= 15 is 0 Å². The molecule has 28 heavy (non-hydrogen) atoms. The average Bonchev–Trinajstić information content (AvgIpc) is 3.05. The number of aromatic hydroxyl groups is 1. The van der Waals surface area contributed by atoms with Crippen molar-refractivity contribution in [2.24, 2.45) is 4.99 Å². The molecule has 5 nitrogen and oxygen atoms in total. The SMILES string of the molecule is CC(C)(C)OC(=O)C(Cc1ccc(O)cc1)=NC(=O)c1ccc(C(C)(C)C)s1. The molecule has 1 heterocycles. The molecule has 0 unspecified atom stereocenters. The molecule has 1 aromatic heterocycles. The number of nitrogens with zero attached hydrogens (tertiary/aromatic N) is 1. The Morgan fingerprint density at radius 2 is 1.61 bits per heavy atom. The highest BCUT2D eigenvalue weighted by Gasteiger charge is 2.24. The number of aliphatic imine (C=N–C) groups is 1. The molecular formula is C22H27NO4S. The molecule has 1 N–H and O–H groups in total. The van der Waals surface area contributed by atoms with E-state index < -0.39 is 17.5 Å². The lowest BCUT2D eigenvalue weighted by molar-refractivity contribution is -0.146. The summed E-state index contributed by atoms with van der Waals surface area (Å²) in [6.45, 7) is 11.5. The van der Waals surface area contributed by atoms with E-state index in [-0.39, 0.29) is 23.3 Å². The molecule has 0 spiro atoms. The summed E-state index contributed by atoms with van der Waals surface area (Å²) < 4.78 is 5.42.